The number of hydrogen-bond donors (Lipinski definition) is 2. The molecule has 34 heavy (non-hydrogen) atoms. The van der Waals surface area contributed by atoms with Crippen LogP contribution < -0.4 is 10.6 Å². The van der Waals surface area contributed by atoms with Crippen LogP contribution in [-0.4, -0.2) is 32.8 Å². The number of piperidine rings is 1. The van der Waals surface area contributed by atoms with Gasteiger partial charge in [-0.05, 0) is 53.6 Å². The van der Waals surface area contributed by atoms with Crippen molar-refractivity contribution < 1.29 is 17.6 Å². The van der Waals surface area contributed by atoms with Crippen LogP contribution in [-0.2, 0) is 12.7 Å². The number of furan rings is 1. The second kappa shape index (κ2) is 10.7. The summed E-state index contributed by atoms with van der Waals surface area (Å²) in [6, 6.07) is 15.5. The summed E-state index contributed by atoms with van der Waals surface area (Å²) in [6.45, 7) is 1.37. The van der Waals surface area contributed by atoms with Gasteiger partial charge in [0.1, 0.15) is 5.58 Å². The number of nitrogens with zero attached hydrogens (tertiary/aromatic N) is 4. The molecule has 12 heteroatoms. The number of rotatable bonds is 5. The maximum atomic E-state index is 13.3. The Kier molecular flexibility index (Phi) is 8.19. The molecule has 2 aromatic heterocycles. The van der Waals surface area contributed by atoms with Crippen molar-refractivity contribution in [3.05, 3.63) is 71.7 Å². The number of tetrazole rings is 1. The molecule has 2 atom stereocenters. The Balaban J connectivity index is 0.00000162. The quantitative estimate of drug-likeness (QED) is 0.396. The molecule has 0 aliphatic carbocycles. The molecule has 5 rings (SSSR count). The van der Waals surface area contributed by atoms with E-state index < -0.39 is 12.0 Å². The molecule has 0 spiro atoms. The van der Waals surface area contributed by atoms with E-state index in [1.807, 2.05) is 18.2 Å². The van der Waals surface area contributed by atoms with E-state index in [0.717, 1.165) is 24.9 Å². The predicted molar refractivity (Wildman–Crippen MR) is 125 cm³/mol. The van der Waals surface area contributed by atoms with Gasteiger partial charge in [-0.15, -0.1) is 29.9 Å². The molecule has 7 nitrogen and oxygen atoms in total. The molecular formula is C22H23Cl2F3N6O. The van der Waals surface area contributed by atoms with E-state index in [0.29, 0.717) is 22.2 Å². The minimum absolute atomic E-state index is 0. The van der Waals surface area contributed by atoms with Crippen molar-refractivity contribution in [2.45, 2.75) is 37.6 Å². The summed E-state index contributed by atoms with van der Waals surface area (Å²) in [4.78, 5) is 0. The third-order valence-electron chi connectivity index (χ3n) is 5.75. The van der Waals surface area contributed by atoms with Crippen LogP contribution in [0.5, 0.6) is 0 Å². The van der Waals surface area contributed by atoms with Crippen molar-refractivity contribution in [3.63, 3.8) is 0 Å². The third kappa shape index (κ3) is 5.20. The lowest BCUT2D eigenvalue weighted by Crippen LogP contribution is -2.45. The van der Waals surface area contributed by atoms with E-state index in [4.69, 9.17) is 4.42 Å². The Bertz CT molecular complexity index is 1210. The van der Waals surface area contributed by atoms with E-state index in [-0.39, 0.29) is 42.6 Å². The lowest BCUT2D eigenvalue weighted by Gasteiger charge is -2.34. The monoisotopic (exact) mass is 514 g/mol. The first-order valence-electron chi connectivity index (χ1n) is 10.4. The summed E-state index contributed by atoms with van der Waals surface area (Å²) in [5, 5.41) is 17.8. The maximum absolute atomic E-state index is 13.3. The van der Waals surface area contributed by atoms with Crippen molar-refractivity contribution >= 4 is 35.8 Å². The number of halogens is 5. The highest BCUT2D eigenvalue weighted by Crippen LogP contribution is 2.31. The van der Waals surface area contributed by atoms with Crippen LogP contribution in [0.3, 0.4) is 0 Å². The number of alkyl halides is 3. The van der Waals surface area contributed by atoms with Gasteiger partial charge in [-0.1, -0.05) is 30.3 Å². The number of aromatic nitrogens is 4. The van der Waals surface area contributed by atoms with Crippen LogP contribution in [0.4, 0.5) is 13.2 Å². The highest BCUT2D eigenvalue weighted by atomic mass is 35.5. The molecule has 0 saturated carbocycles. The molecule has 0 bridgehead atoms. The summed E-state index contributed by atoms with van der Waals surface area (Å²) < 4.78 is 46.3. The van der Waals surface area contributed by atoms with Crippen LogP contribution in [0.25, 0.3) is 16.7 Å². The summed E-state index contributed by atoms with van der Waals surface area (Å²) in [7, 11) is 0. The van der Waals surface area contributed by atoms with E-state index in [2.05, 4.69) is 38.3 Å². The molecule has 0 unspecified atom stereocenters. The average molecular weight is 515 g/mol. The molecule has 0 amide bonds. The molecule has 1 fully saturated rings. The van der Waals surface area contributed by atoms with Gasteiger partial charge in [-0.25, -0.2) is 0 Å². The first-order chi connectivity index (χ1) is 15.5. The SMILES string of the molecule is Cl.Cl.FC(F)(F)c1nnnn1-c1cc(CN[C@H]2CCCN[C@H]2c2ccccc2)c2occc2c1. The molecule has 4 aromatic rings. The first kappa shape index (κ1) is 26.0. The van der Waals surface area contributed by atoms with Crippen LogP contribution in [0.2, 0.25) is 0 Å². The maximum Gasteiger partial charge on any atom is 0.453 e. The van der Waals surface area contributed by atoms with Crippen molar-refractivity contribution in [2.24, 2.45) is 0 Å². The van der Waals surface area contributed by atoms with Gasteiger partial charge in [0.15, 0.2) is 0 Å². The summed E-state index contributed by atoms with van der Waals surface area (Å²) in [6.07, 6.45) is -1.11. The smallest absolute Gasteiger partial charge is 0.453 e. The predicted octanol–water partition coefficient (Wildman–Crippen LogP) is 4.85. The van der Waals surface area contributed by atoms with E-state index in [1.165, 1.54) is 11.8 Å². The normalized spacial score (nSPS) is 18.3. The first-order valence-corrected chi connectivity index (χ1v) is 10.4. The van der Waals surface area contributed by atoms with E-state index in [1.54, 1.807) is 18.2 Å². The summed E-state index contributed by atoms with van der Waals surface area (Å²) in [5.41, 5.74) is 2.80. The number of nitrogens with one attached hydrogen (secondary N) is 2. The number of fused-ring (bicyclic) bond motifs is 1. The lowest BCUT2D eigenvalue weighted by atomic mass is 9.92. The van der Waals surface area contributed by atoms with Gasteiger partial charge in [0.05, 0.1) is 12.0 Å². The zero-order valence-corrected chi connectivity index (χ0v) is 19.5. The fourth-order valence-electron chi connectivity index (χ4n) is 4.29. The number of hydrogen-bond acceptors (Lipinski definition) is 6. The van der Waals surface area contributed by atoms with Gasteiger partial charge in [0.2, 0.25) is 0 Å². The molecule has 0 radical (unpaired) electrons. The lowest BCUT2D eigenvalue weighted by molar-refractivity contribution is -0.146. The number of benzene rings is 2. The largest absolute Gasteiger partial charge is 0.464 e. The summed E-state index contributed by atoms with van der Waals surface area (Å²) >= 11 is 0. The van der Waals surface area contributed by atoms with Gasteiger partial charge in [-0.3, -0.25) is 0 Å². The third-order valence-corrected chi connectivity index (χ3v) is 5.75. The molecule has 1 aliphatic rings. The Morgan fingerprint density at radius 1 is 1.12 bits per heavy atom. The molecule has 3 heterocycles. The topological polar surface area (TPSA) is 80.8 Å². The standard InChI is InChI=1S/C22H21F3N6O.2ClH/c23-22(24,25)21-28-29-30-31(21)17-11-15-8-10-32-20(15)16(12-17)13-27-18-7-4-9-26-19(18)14-5-2-1-3-6-14;;/h1-3,5-6,8,10-12,18-19,26-27H,4,7,9,13H2;2*1H/t18-,19-;;/m0../s1. The Morgan fingerprint density at radius 2 is 1.91 bits per heavy atom. The van der Waals surface area contributed by atoms with E-state index >= 15 is 0 Å². The van der Waals surface area contributed by atoms with Crippen molar-refractivity contribution in [1.82, 2.24) is 30.8 Å². The minimum Gasteiger partial charge on any atom is -0.464 e. The van der Waals surface area contributed by atoms with Crippen LogP contribution >= 0.6 is 24.8 Å². The van der Waals surface area contributed by atoms with Gasteiger partial charge in [0.25, 0.3) is 5.82 Å². The van der Waals surface area contributed by atoms with Crippen molar-refractivity contribution in [1.29, 1.82) is 0 Å². The average Bonchev–Trinajstić information content (AvgIpc) is 3.47. The molecule has 182 valence electrons. The molecule has 1 saturated heterocycles. The van der Waals surface area contributed by atoms with Gasteiger partial charge in [-0.2, -0.15) is 17.9 Å². The van der Waals surface area contributed by atoms with Crippen molar-refractivity contribution in [3.8, 4) is 5.69 Å². The van der Waals surface area contributed by atoms with Crippen LogP contribution in [0.1, 0.15) is 35.8 Å². The fourth-order valence-corrected chi connectivity index (χ4v) is 4.29. The Morgan fingerprint density at radius 3 is 2.68 bits per heavy atom. The molecule has 2 N–H and O–H groups in total. The highest BCUT2D eigenvalue weighted by Gasteiger charge is 2.38. The molecule has 1 aliphatic heterocycles. The van der Waals surface area contributed by atoms with Gasteiger partial charge < -0.3 is 15.1 Å². The zero-order valence-electron chi connectivity index (χ0n) is 17.8. The molecule has 2 aromatic carbocycles. The van der Waals surface area contributed by atoms with E-state index in [9.17, 15) is 13.2 Å². The second-order valence-corrected chi connectivity index (χ2v) is 7.83. The molecular weight excluding hydrogens is 492 g/mol. The Hall–Kier alpha value is -2.66. The van der Waals surface area contributed by atoms with Crippen LogP contribution in [0, 0.1) is 0 Å². The Labute approximate surface area is 205 Å². The van der Waals surface area contributed by atoms with Crippen molar-refractivity contribution in [2.75, 3.05) is 6.54 Å². The zero-order chi connectivity index (χ0) is 22.1. The second-order valence-electron chi connectivity index (χ2n) is 7.83. The van der Waals surface area contributed by atoms with Gasteiger partial charge in [0, 0.05) is 29.6 Å². The highest BCUT2D eigenvalue weighted by molar-refractivity contribution is 5.85. The van der Waals surface area contributed by atoms with Gasteiger partial charge >= 0.3 is 6.18 Å². The summed E-state index contributed by atoms with van der Waals surface area (Å²) in [5.74, 6) is -1.17. The minimum atomic E-state index is -4.66. The van der Waals surface area contributed by atoms with Crippen LogP contribution in [0.15, 0.2) is 59.2 Å². The fraction of sp³-hybridized carbons (Fsp3) is 0.318.